The summed E-state index contributed by atoms with van der Waals surface area (Å²) in [4.78, 5) is 0. The third-order valence-corrected chi connectivity index (χ3v) is 3.68. The molecule has 21 heavy (non-hydrogen) atoms. The van der Waals surface area contributed by atoms with Gasteiger partial charge in [-0.15, -0.1) is 10.2 Å². The van der Waals surface area contributed by atoms with Crippen LogP contribution in [0.25, 0.3) is 0 Å². The molecule has 0 aliphatic carbocycles. The molecule has 1 aliphatic rings. The standard InChI is InChI=1S/C14H17ClN4O2/c1-9(14-18-17-8-19(14)2)16-7-10-5-11(15)13-12(6-10)20-3-4-21-13/h5-6,8-9,16H,3-4,7H2,1-2H3. The molecule has 0 amide bonds. The minimum absolute atomic E-state index is 0.0875. The fourth-order valence-electron chi connectivity index (χ4n) is 2.31. The van der Waals surface area contributed by atoms with Gasteiger partial charge in [-0.3, -0.25) is 0 Å². The first-order valence-corrected chi connectivity index (χ1v) is 7.18. The third kappa shape index (κ3) is 2.96. The Morgan fingerprint density at radius 1 is 1.38 bits per heavy atom. The van der Waals surface area contributed by atoms with E-state index < -0.39 is 0 Å². The van der Waals surface area contributed by atoms with Gasteiger partial charge in [-0.1, -0.05) is 11.6 Å². The molecule has 1 atom stereocenters. The Morgan fingerprint density at radius 2 is 2.19 bits per heavy atom. The van der Waals surface area contributed by atoms with Crippen LogP contribution in [0.5, 0.6) is 11.5 Å². The van der Waals surface area contributed by atoms with Crippen LogP contribution < -0.4 is 14.8 Å². The molecule has 0 saturated heterocycles. The van der Waals surface area contributed by atoms with Crippen molar-refractivity contribution in [3.05, 3.63) is 34.9 Å². The van der Waals surface area contributed by atoms with Crippen molar-refractivity contribution in [1.82, 2.24) is 20.1 Å². The molecule has 3 rings (SSSR count). The zero-order valence-corrected chi connectivity index (χ0v) is 12.7. The molecule has 0 spiro atoms. The second kappa shape index (κ2) is 5.91. The number of aromatic nitrogens is 3. The van der Waals surface area contributed by atoms with Crippen molar-refractivity contribution in [2.75, 3.05) is 13.2 Å². The van der Waals surface area contributed by atoms with E-state index >= 15 is 0 Å². The summed E-state index contributed by atoms with van der Waals surface area (Å²) < 4.78 is 13.0. The largest absolute Gasteiger partial charge is 0.486 e. The molecule has 7 heteroatoms. The minimum Gasteiger partial charge on any atom is -0.486 e. The summed E-state index contributed by atoms with van der Waals surface area (Å²) in [7, 11) is 1.93. The highest BCUT2D eigenvalue weighted by Gasteiger charge is 2.17. The first-order valence-electron chi connectivity index (χ1n) is 6.80. The Kier molecular flexibility index (Phi) is 3.98. The predicted molar refractivity (Wildman–Crippen MR) is 78.7 cm³/mol. The Bertz CT molecular complexity index is 644. The minimum atomic E-state index is 0.0875. The molecule has 2 heterocycles. The maximum absolute atomic E-state index is 6.23. The van der Waals surface area contributed by atoms with E-state index in [4.69, 9.17) is 21.1 Å². The molecule has 1 N–H and O–H groups in total. The van der Waals surface area contributed by atoms with Gasteiger partial charge in [0, 0.05) is 13.6 Å². The van der Waals surface area contributed by atoms with Crippen LogP contribution in [0.15, 0.2) is 18.5 Å². The Balaban J connectivity index is 1.71. The van der Waals surface area contributed by atoms with Crippen LogP contribution in [0, 0.1) is 0 Å². The van der Waals surface area contributed by atoms with Crippen molar-refractivity contribution in [2.24, 2.45) is 7.05 Å². The molecular formula is C14H17ClN4O2. The molecule has 0 radical (unpaired) electrons. The highest BCUT2D eigenvalue weighted by atomic mass is 35.5. The van der Waals surface area contributed by atoms with Crippen LogP contribution in [0.3, 0.4) is 0 Å². The normalized spacial score (nSPS) is 15.0. The zero-order valence-electron chi connectivity index (χ0n) is 12.0. The smallest absolute Gasteiger partial charge is 0.179 e. The number of rotatable bonds is 4. The maximum atomic E-state index is 6.23. The molecule has 0 fully saturated rings. The summed E-state index contributed by atoms with van der Waals surface area (Å²) in [6, 6.07) is 3.94. The van der Waals surface area contributed by atoms with Crippen LogP contribution in [0.1, 0.15) is 24.4 Å². The number of hydrogen-bond donors (Lipinski definition) is 1. The maximum Gasteiger partial charge on any atom is 0.179 e. The SMILES string of the molecule is CC(NCc1cc(Cl)c2c(c1)OCCO2)c1nncn1C. The fraction of sp³-hybridized carbons (Fsp3) is 0.429. The highest BCUT2D eigenvalue weighted by molar-refractivity contribution is 6.32. The average Bonchev–Trinajstić information content (AvgIpc) is 2.91. The van der Waals surface area contributed by atoms with E-state index in [0.717, 1.165) is 11.4 Å². The number of nitrogens with one attached hydrogen (secondary N) is 1. The van der Waals surface area contributed by atoms with E-state index in [1.165, 1.54) is 0 Å². The van der Waals surface area contributed by atoms with Gasteiger partial charge < -0.3 is 19.4 Å². The van der Waals surface area contributed by atoms with E-state index in [1.807, 2.05) is 30.7 Å². The van der Waals surface area contributed by atoms with Crippen LogP contribution in [0.4, 0.5) is 0 Å². The van der Waals surface area contributed by atoms with E-state index in [2.05, 4.69) is 15.5 Å². The van der Waals surface area contributed by atoms with E-state index in [9.17, 15) is 0 Å². The lowest BCUT2D eigenvalue weighted by atomic mass is 10.1. The molecule has 1 unspecified atom stereocenters. The summed E-state index contributed by atoms with van der Waals surface area (Å²) in [6.45, 7) is 3.79. The van der Waals surface area contributed by atoms with Gasteiger partial charge in [0.05, 0.1) is 11.1 Å². The van der Waals surface area contributed by atoms with Gasteiger partial charge in [0.1, 0.15) is 25.4 Å². The van der Waals surface area contributed by atoms with Gasteiger partial charge in [-0.2, -0.15) is 0 Å². The molecule has 2 aromatic rings. The lowest BCUT2D eigenvalue weighted by molar-refractivity contribution is 0.171. The second-order valence-electron chi connectivity index (χ2n) is 5.00. The van der Waals surface area contributed by atoms with Crippen LogP contribution in [0.2, 0.25) is 5.02 Å². The van der Waals surface area contributed by atoms with Gasteiger partial charge >= 0.3 is 0 Å². The number of halogens is 1. The predicted octanol–water partition coefficient (Wildman–Crippen LogP) is 2.09. The van der Waals surface area contributed by atoms with Gasteiger partial charge in [0.2, 0.25) is 0 Å². The van der Waals surface area contributed by atoms with Gasteiger partial charge in [-0.05, 0) is 24.6 Å². The summed E-state index contributed by atoms with van der Waals surface area (Å²) in [6.07, 6.45) is 1.69. The number of nitrogens with zero attached hydrogens (tertiary/aromatic N) is 3. The summed E-state index contributed by atoms with van der Waals surface area (Å²) in [5.74, 6) is 2.23. The van der Waals surface area contributed by atoms with Crippen molar-refractivity contribution in [3.8, 4) is 11.5 Å². The molecule has 0 bridgehead atoms. The highest BCUT2D eigenvalue weighted by Crippen LogP contribution is 2.38. The lowest BCUT2D eigenvalue weighted by Crippen LogP contribution is -2.21. The Morgan fingerprint density at radius 3 is 2.95 bits per heavy atom. The number of benzene rings is 1. The van der Waals surface area contributed by atoms with Crippen molar-refractivity contribution in [3.63, 3.8) is 0 Å². The number of hydrogen-bond acceptors (Lipinski definition) is 5. The van der Waals surface area contributed by atoms with Crippen LogP contribution in [-0.4, -0.2) is 28.0 Å². The number of ether oxygens (including phenoxy) is 2. The molecular weight excluding hydrogens is 292 g/mol. The molecule has 1 aliphatic heterocycles. The molecule has 0 saturated carbocycles. The third-order valence-electron chi connectivity index (χ3n) is 3.40. The fourth-order valence-corrected chi connectivity index (χ4v) is 2.60. The van der Waals surface area contributed by atoms with Gasteiger partial charge in [-0.25, -0.2) is 0 Å². The van der Waals surface area contributed by atoms with Gasteiger partial charge in [0.25, 0.3) is 0 Å². The zero-order chi connectivity index (χ0) is 14.8. The number of aryl methyl sites for hydroxylation is 1. The molecule has 112 valence electrons. The summed E-state index contributed by atoms with van der Waals surface area (Å²) in [5, 5.41) is 12.0. The average molecular weight is 309 g/mol. The van der Waals surface area contributed by atoms with Crippen molar-refractivity contribution >= 4 is 11.6 Å². The topological polar surface area (TPSA) is 61.2 Å². The lowest BCUT2D eigenvalue weighted by Gasteiger charge is -2.21. The van der Waals surface area contributed by atoms with E-state index in [-0.39, 0.29) is 6.04 Å². The Labute approximate surface area is 128 Å². The van der Waals surface area contributed by atoms with Gasteiger partial charge in [0.15, 0.2) is 11.5 Å². The monoisotopic (exact) mass is 308 g/mol. The van der Waals surface area contributed by atoms with Crippen LogP contribution in [-0.2, 0) is 13.6 Å². The summed E-state index contributed by atoms with van der Waals surface area (Å²) >= 11 is 6.23. The molecule has 1 aromatic heterocycles. The van der Waals surface area contributed by atoms with E-state index in [1.54, 1.807) is 6.33 Å². The van der Waals surface area contributed by atoms with E-state index in [0.29, 0.717) is 36.3 Å². The van der Waals surface area contributed by atoms with Crippen molar-refractivity contribution in [2.45, 2.75) is 19.5 Å². The summed E-state index contributed by atoms with van der Waals surface area (Å²) in [5.41, 5.74) is 1.04. The molecule has 1 aromatic carbocycles. The quantitative estimate of drug-likeness (QED) is 0.937. The van der Waals surface area contributed by atoms with Crippen molar-refractivity contribution < 1.29 is 9.47 Å². The second-order valence-corrected chi connectivity index (χ2v) is 5.41. The van der Waals surface area contributed by atoms with Crippen molar-refractivity contribution in [1.29, 1.82) is 0 Å². The van der Waals surface area contributed by atoms with Crippen LogP contribution >= 0.6 is 11.6 Å². The number of fused-ring (bicyclic) bond motifs is 1. The Hall–Kier alpha value is -1.79. The first-order chi connectivity index (χ1) is 10.1. The first kappa shape index (κ1) is 14.2. The molecule has 6 nitrogen and oxygen atoms in total.